The van der Waals surface area contributed by atoms with E-state index in [9.17, 15) is 4.39 Å². The van der Waals surface area contributed by atoms with Gasteiger partial charge in [0.1, 0.15) is 5.82 Å². The van der Waals surface area contributed by atoms with Crippen LogP contribution in [0.4, 0.5) is 4.39 Å². The highest BCUT2D eigenvalue weighted by atomic mass is 127. The van der Waals surface area contributed by atoms with Gasteiger partial charge in [0.15, 0.2) is 0 Å². The second kappa shape index (κ2) is 6.38. The molecule has 1 rings (SSSR count). The minimum absolute atomic E-state index is 0.0846. The van der Waals surface area contributed by atoms with Crippen LogP contribution in [0.25, 0.3) is 0 Å². The van der Waals surface area contributed by atoms with Gasteiger partial charge in [0.2, 0.25) is 0 Å². The third kappa shape index (κ3) is 3.95. The van der Waals surface area contributed by atoms with Crippen LogP contribution in [0.3, 0.4) is 0 Å². The summed E-state index contributed by atoms with van der Waals surface area (Å²) in [5.74, 6) is -0.0846. The molecule has 0 saturated heterocycles. The van der Waals surface area contributed by atoms with Crippen molar-refractivity contribution in [3.8, 4) is 0 Å². The second-order valence-corrected chi connectivity index (χ2v) is 4.72. The van der Waals surface area contributed by atoms with Crippen molar-refractivity contribution < 1.29 is 4.39 Å². The van der Waals surface area contributed by atoms with Crippen LogP contribution in [-0.4, -0.2) is 0 Å². The molecular weight excluding hydrogens is 290 g/mol. The first-order valence-corrected chi connectivity index (χ1v) is 6.26. The van der Waals surface area contributed by atoms with Gasteiger partial charge in [-0.25, -0.2) is 4.39 Å². The van der Waals surface area contributed by atoms with E-state index >= 15 is 0 Å². The van der Waals surface area contributed by atoms with E-state index in [0.717, 1.165) is 12.0 Å². The highest BCUT2D eigenvalue weighted by Gasteiger charge is 2.00. The molecule has 0 N–H and O–H groups in total. The first-order valence-electron chi connectivity index (χ1n) is 5.18. The summed E-state index contributed by atoms with van der Waals surface area (Å²) in [5, 5.41) is 0. The predicted molar refractivity (Wildman–Crippen MR) is 67.0 cm³/mol. The zero-order valence-electron chi connectivity index (χ0n) is 8.52. The summed E-state index contributed by atoms with van der Waals surface area (Å²) >= 11 is 2.02. The van der Waals surface area contributed by atoms with E-state index < -0.39 is 0 Å². The summed E-state index contributed by atoms with van der Waals surface area (Å²) < 4.78 is 13.9. The zero-order chi connectivity index (χ0) is 10.4. The molecule has 0 atom stereocenters. The summed E-state index contributed by atoms with van der Waals surface area (Å²) in [6.07, 6.45) is 5.97. The van der Waals surface area contributed by atoms with Gasteiger partial charge in [0.05, 0.1) is 0 Å². The van der Waals surface area contributed by atoms with Gasteiger partial charge in [-0.2, -0.15) is 0 Å². The first kappa shape index (κ1) is 12.0. The van der Waals surface area contributed by atoms with Crippen LogP contribution >= 0.6 is 22.6 Å². The lowest BCUT2D eigenvalue weighted by Crippen LogP contribution is -1.89. The van der Waals surface area contributed by atoms with Crippen molar-refractivity contribution >= 4 is 22.6 Å². The van der Waals surface area contributed by atoms with E-state index in [1.54, 1.807) is 6.07 Å². The van der Waals surface area contributed by atoms with E-state index in [0.29, 0.717) is 3.57 Å². The number of hydrogen-bond donors (Lipinski definition) is 0. The van der Waals surface area contributed by atoms with E-state index in [2.05, 4.69) is 6.92 Å². The number of aryl methyl sites for hydroxylation is 1. The number of hydrogen-bond acceptors (Lipinski definition) is 0. The van der Waals surface area contributed by atoms with E-state index in [1.165, 1.54) is 25.7 Å². The van der Waals surface area contributed by atoms with Gasteiger partial charge in [-0.15, -0.1) is 0 Å². The predicted octanol–water partition coefficient (Wildman–Crippen LogP) is 4.55. The van der Waals surface area contributed by atoms with Gasteiger partial charge < -0.3 is 0 Å². The molecule has 1 aromatic rings. The molecule has 0 heterocycles. The summed E-state index contributed by atoms with van der Waals surface area (Å²) in [5.41, 5.74) is 1.12. The Morgan fingerprint density at radius 3 is 2.64 bits per heavy atom. The summed E-state index contributed by atoms with van der Waals surface area (Å²) in [4.78, 5) is 0. The highest BCUT2D eigenvalue weighted by molar-refractivity contribution is 14.1. The molecule has 0 nitrogen and oxygen atoms in total. The Hall–Kier alpha value is -0.120. The Morgan fingerprint density at radius 2 is 2.00 bits per heavy atom. The molecule has 78 valence electrons. The van der Waals surface area contributed by atoms with Crippen molar-refractivity contribution in [2.75, 3.05) is 0 Å². The maximum Gasteiger partial charge on any atom is 0.136 e. The van der Waals surface area contributed by atoms with Crippen molar-refractivity contribution in [2.45, 2.75) is 39.0 Å². The van der Waals surface area contributed by atoms with Crippen LogP contribution in [0, 0.1) is 9.39 Å². The summed E-state index contributed by atoms with van der Waals surface area (Å²) in [7, 11) is 0. The van der Waals surface area contributed by atoms with Crippen LogP contribution in [0.15, 0.2) is 18.2 Å². The lowest BCUT2D eigenvalue weighted by atomic mass is 10.1. The zero-order valence-corrected chi connectivity index (χ0v) is 10.7. The molecule has 0 fully saturated rings. The molecule has 14 heavy (non-hydrogen) atoms. The first-order chi connectivity index (χ1) is 6.74. The monoisotopic (exact) mass is 306 g/mol. The Balaban J connectivity index is 2.39. The molecule has 1 aromatic carbocycles. The van der Waals surface area contributed by atoms with Crippen molar-refractivity contribution in [2.24, 2.45) is 0 Å². The number of benzene rings is 1. The van der Waals surface area contributed by atoms with Crippen LogP contribution in [-0.2, 0) is 6.42 Å². The fourth-order valence-corrected chi connectivity index (χ4v) is 1.79. The Labute approximate surface area is 99.0 Å². The van der Waals surface area contributed by atoms with Gasteiger partial charge in [-0.3, -0.25) is 0 Å². The molecule has 0 aliphatic rings. The number of halogens is 2. The number of rotatable bonds is 5. The van der Waals surface area contributed by atoms with Crippen LogP contribution in [0.5, 0.6) is 0 Å². The van der Waals surface area contributed by atoms with Gasteiger partial charge >= 0.3 is 0 Å². The second-order valence-electron chi connectivity index (χ2n) is 3.56. The van der Waals surface area contributed by atoms with Gasteiger partial charge in [-0.1, -0.05) is 32.3 Å². The molecule has 0 unspecified atom stereocenters. The van der Waals surface area contributed by atoms with Crippen molar-refractivity contribution in [3.63, 3.8) is 0 Å². The van der Waals surface area contributed by atoms with Gasteiger partial charge in [-0.05, 0) is 53.1 Å². The van der Waals surface area contributed by atoms with E-state index in [-0.39, 0.29) is 5.82 Å². The standard InChI is InChI=1S/C12H16FI/c1-2-3-4-5-6-10-7-8-12(14)11(13)9-10/h7-9H,2-6H2,1H3. The maximum absolute atomic E-state index is 13.1. The Kier molecular flexibility index (Phi) is 5.45. The topological polar surface area (TPSA) is 0 Å². The minimum Gasteiger partial charge on any atom is -0.206 e. The largest absolute Gasteiger partial charge is 0.206 e. The molecule has 0 amide bonds. The molecule has 0 aliphatic carbocycles. The van der Waals surface area contributed by atoms with Gasteiger partial charge in [0, 0.05) is 3.57 Å². The van der Waals surface area contributed by atoms with Crippen molar-refractivity contribution in [3.05, 3.63) is 33.1 Å². The SMILES string of the molecule is CCCCCCc1ccc(I)c(F)c1. The van der Waals surface area contributed by atoms with Crippen molar-refractivity contribution in [1.82, 2.24) is 0 Å². The van der Waals surface area contributed by atoms with Crippen LogP contribution in [0.2, 0.25) is 0 Å². The molecule has 0 bridgehead atoms. The molecule has 0 saturated carbocycles. The molecule has 0 aliphatic heterocycles. The van der Waals surface area contributed by atoms with Crippen LogP contribution < -0.4 is 0 Å². The third-order valence-corrected chi connectivity index (χ3v) is 3.18. The molecule has 0 radical (unpaired) electrons. The summed E-state index contributed by atoms with van der Waals surface area (Å²) in [6.45, 7) is 2.20. The fraction of sp³-hybridized carbons (Fsp3) is 0.500. The fourth-order valence-electron chi connectivity index (χ4n) is 1.45. The summed E-state index contributed by atoms with van der Waals surface area (Å²) in [6, 6.07) is 5.54. The quantitative estimate of drug-likeness (QED) is 0.553. The average Bonchev–Trinajstić information content (AvgIpc) is 2.18. The smallest absolute Gasteiger partial charge is 0.136 e. The third-order valence-electron chi connectivity index (χ3n) is 2.30. The van der Waals surface area contributed by atoms with Gasteiger partial charge in [0.25, 0.3) is 0 Å². The maximum atomic E-state index is 13.1. The highest BCUT2D eigenvalue weighted by Crippen LogP contribution is 2.14. The Morgan fingerprint density at radius 1 is 1.21 bits per heavy atom. The molecule has 2 heteroatoms. The van der Waals surface area contributed by atoms with E-state index in [4.69, 9.17) is 0 Å². The lowest BCUT2D eigenvalue weighted by Gasteiger charge is -2.02. The van der Waals surface area contributed by atoms with Crippen molar-refractivity contribution in [1.29, 1.82) is 0 Å². The average molecular weight is 306 g/mol. The minimum atomic E-state index is -0.0846. The normalized spacial score (nSPS) is 10.5. The molecule has 0 spiro atoms. The van der Waals surface area contributed by atoms with E-state index in [1.807, 2.05) is 34.7 Å². The van der Waals surface area contributed by atoms with Crippen LogP contribution in [0.1, 0.15) is 38.2 Å². The molecular formula is C12H16FI. The molecule has 0 aromatic heterocycles. The Bertz CT molecular complexity index is 284. The lowest BCUT2D eigenvalue weighted by molar-refractivity contribution is 0.614. The number of unbranched alkanes of at least 4 members (excludes halogenated alkanes) is 3.